The second kappa shape index (κ2) is 5.76. The lowest BCUT2D eigenvalue weighted by atomic mass is 9.84. The van der Waals surface area contributed by atoms with Gasteiger partial charge in [-0.05, 0) is 30.4 Å². The molecule has 3 rings (SSSR count). The van der Waals surface area contributed by atoms with Crippen LogP contribution in [0.1, 0.15) is 26.7 Å². The molecule has 1 aromatic heterocycles. The van der Waals surface area contributed by atoms with Gasteiger partial charge in [-0.1, -0.05) is 43.6 Å². The SMILES string of the molecule is CC1(C)CCCN(c2cnn(-c3ccccc3)c(=O)c2Cl)C1. The van der Waals surface area contributed by atoms with Gasteiger partial charge in [0.2, 0.25) is 0 Å². The van der Waals surface area contributed by atoms with E-state index < -0.39 is 0 Å². The first-order valence-electron chi connectivity index (χ1n) is 7.56. The number of nitrogens with zero attached hydrogens (tertiary/aromatic N) is 3. The van der Waals surface area contributed by atoms with Gasteiger partial charge in [-0.2, -0.15) is 9.78 Å². The molecule has 116 valence electrons. The Morgan fingerprint density at radius 3 is 2.64 bits per heavy atom. The zero-order chi connectivity index (χ0) is 15.7. The molecule has 2 aromatic rings. The zero-order valence-corrected chi connectivity index (χ0v) is 13.7. The Balaban J connectivity index is 1.99. The fourth-order valence-electron chi connectivity index (χ4n) is 3.03. The number of hydrogen-bond acceptors (Lipinski definition) is 3. The van der Waals surface area contributed by atoms with Gasteiger partial charge in [0.1, 0.15) is 5.02 Å². The third-order valence-corrected chi connectivity index (χ3v) is 4.50. The highest BCUT2D eigenvalue weighted by Gasteiger charge is 2.28. The van der Waals surface area contributed by atoms with Crippen molar-refractivity contribution in [2.45, 2.75) is 26.7 Å². The Hall–Kier alpha value is -1.81. The van der Waals surface area contributed by atoms with E-state index in [0.717, 1.165) is 30.9 Å². The summed E-state index contributed by atoms with van der Waals surface area (Å²) >= 11 is 6.36. The molecule has 0 radical (unpaired) electrons. The Morgan fingerprint density at radius 1 is 1.23 bits per heavy atom. The van der Waals surface area contributed by atoms with Crippen LogP contribution in [0.4, 0.5) is 5.69 Å². The number of aromatic nitrogens is 2. The standard InChI is InChI=1S/C17H20ClN3O/c1-17(2)9-6-10-20(12-17)14-11-19-21(16(22)15(14)18)13-7-4-3-5-8-13/h3-5,7-8,11H,6,9-10,12H2,1-2H3. The Labute approximate surface area is 135 Å². The summed E-state index contributed by atoms with van der Waals surface area (Å²) in [7, 11) is 0. The smallest absolute Gasteiger partial charge is 0.292 e. The Kier molecular flexibility index (Phi) is 3.96. The molecule has 1 aliphatic heterocycles. The lowest BCUT2D eigenvalue weighted by Gasteiger charge is -2.39. The molecule has 5 heteroatoms. The van der Waals surface area contributed by atoms with E-state index in [4.69, 9.17) is 11.6 Å². The van der Waals surface area contributed by atoms with Crippen molar-refractivity contribution >= 4 is 17.3 Å². The van der Waals surface area contributed by atoms with Gasteiger partial charge < -0.3 is 4.90 Å². The third-order valence-electron chi connectivity index (χ3n) is 4.14. The molecular formula is C17H20ClN3O. The normalized spacial score (nSPS) is 17.5. The summed E-state index contributed by atoms with van der Waals surface area (Å²) in [5.74, 6) is 0. The molecule has 1 aromatic carbocycles. The van der Waals surface area contributed by atoms with Crippen molar-refractivity contribution < 1.29 is 0 Å². The van der Waals surface area contributed by atoms with Crippen LogP contribution in [0.2, 0.25) is 5.02 Å². The van der Waals surface area contributed by atoms with E-state index in [2.05, 4.69) is 23.8 Å². The number of rotatable bonds is 2. The van der Waals surface area contributed by atoms with Gasteiger partial charge in [0, 0.05) is 13.1 Å². The second-order valence-corrected chi connectivity index (χ2v) is 6.96. The van der Waals surface area contributed by atoms with Crippen LogP contribution in [0.5, 0.6) is 0 Å². The highest BCUT2D eigenvalue weighted by atomic mass is 35.5. The molecule has 0 unspecified atom stereocenters. The average molecular weight is 318 g/mol. The number of benzene rings is 1. The monoisotopic (exact) mass is 317 g/mol. The van der Waals surface area contributed by atoms with Crippen molar-refractivity contribution in [2.75, 3.05) is 18.0 Å². The van der Waals surface area contributed by atoms with E-state index in [1.165, 1.54) is 11.1 Å². The van der Waals surface area contributed by atoms with Crippen LogP contribution >= 0.6 is 11.6 Å². The van der Waals surface area contributed by atoms with Crippen molar-refractivity contribution in [3.63, 3.8) is 0 Å². The lowest BCUT2D eigenvalue weighted by Crippen LogP contribution is -2.41. The third kappa shape index (κ3) is 2.88. The Morgan fingerprint density at radius 2 is 1.95 bits per heavy atom. The van der Waals surface area contributed by atoms with E-state index in [1.54, 1.807) is 6.20 Å². The summed E-state index contributed by atoms with van der Waals surface area (Å²) in [4.78, 5) is 14.7. The van der Waals surface area contributed by atoms with Crippen LogP contribution in [0.15, 0.2) is 41.3 Å². The zero-order valence-electron chi connectivity index (χ0n) is 12.9. The summed E-state index contributed by atoms with van der Waals surface area (Å²) in [6, 6.07) is 9.33. The van der Waals surface area contributed by atoms with Crippen molar-refractivity contribution in [3.8, 4) is 5.69 Å². The van der Waals surface area contributed by atoms with E-state index in [1.807, 2.05) is 30.3 Å². The molecular weight excluding hydrogens is 298 g/mol. The molecule has 0 aliphatic carbocycles. The van der Waals surface area contributed by atoms with E-state index in [-0.39, 0.29) is 16.0 Å². The quantitative estimate of drug-likeness (QED) is 0.850. The minimum atomic E-state index is -0.270. The maximum Gasteiger partial charge on any atom is 0.292 e. The summed E-state index contributed by atoms with van der Waals surface area (Å²) in [5, 5.41) is 4.56. The van der Waals surface area contributed by atoms with Gasteiger partial charge in [0.05, 0.1) is 17.6 Å². The van der Waals surface area contributed by atoms with Crippen LogP contribution < -0.4 is 10.5 Å². The molecule has 1 fully saturated rings. The molecule has 22 heavy (non-hydrogen) atoms. The molecule has 0 spiro atoms. The largest absolute Gasteiger partial charge is 0.368 e. The Bertz CT molecular complexity index is 724. The first-order valence-corrected chi connectivity index (χ1v) is 7.94. The first kappa shape index (κ1) is 15.1. The fourth-order valence-corrected chi connectivity index (χ4v) is 3.27. The van der Waals surface area contributed by atoms with Gasteiger partial charge in [-0.25, -0.2) is 0 Å². The van der Waals surface area contributed by atoms with Crippen LogP contribution in [-0.4, -0.2) is 22.9 Å². The van der Waals surface area contributed by atoms with Crippen LogP contribution in [0.3, 0.4) is 0 Å². The first-order chi connectivity index (χ1) is 10.5. The van der Waals surface area contributed by atoms with Crippen molar-refractivity contribution in [1.29, 1.82) is 0 Å². The van der Waals surface area contributed by atoms with Gasteiger partial charge in [-0.3, -0.25) is 4.79 Å². The molecule has 2 heterocycles. The summed E-state index contributed by atoms with van der Waals surface area (Å²) < 4.78 is 1.35. The van der Waals surface area contributed by atoms with Gasteiger partial charge in [0.15, 0.2) is 0 Å². The van der Waals surface area contributed by atoms with Gasteiger partial charge >= 0.3 is 0 Å². The predicted molar refractivity (Wildman–Crippen MR) is 90.1 cm³/mol. The average Bonchev–Trinajstić information content (AvgIpc) is 2.50. The van der Waals surface area contributed by atoms with Crippen LogP contribution in [-0.2, 0) is 0 Å². The van der Waals surface area contributed by atoms with E-state index >= 15 is 0 Å². The fraction of sp³-hybridized carbons (Fsp3) is 0.412. The van der Waals surface area contributed by atoms with E-state index in [9.17, 15) is 4.79 Å². The molecule has 0 amide bonds. The number of anilines is 1. The van der Waals surface area contributed by atoms with Crippen LogP contribution in [0, 0.1) is 5.41 Å². The number of hydrogen-bond donors (Lipinski definition) is 0. The van der Waals surface area contributed by atoms with E-state index in [0.29, 0.717) is 0 Å². The van der Waals surface area contributed by atoms with Crippen molar-refractivity contribution in [3.05, 3.63) is 51.9 Å². The summed E-state index contributed by atoms with van der Waals surface area (Å²) in [5.41, 5.74) is 1.43. The lowest BCUT2D eigenvalue weighted by molar-refractivity contribution is 0.293. The minimum Gasteiger partial charge on any atom is -0.368 e. The molecule has 0 atom stereocenters. The molecule has 0 saturated carbocycles. The number of halogens is 1. The maximum atomic E-state index is 12.5. The van der Waals surface area contributed by atoms with Crippen LogP contribution in [0.25, 0.3) is 5.69 Å². The minimum absolute atomic E-state index is 0.232. The summed E-state index contributed by atoms with van der Waals surface area (Å²) in [6.45, 7) is 6.29. The van der Waals surface area contributed by atoms with Crippen molar-refractivity contribution in [1.82, 2.24) is 9.78 Å². The molecule has 1 saturated heterocycles. The second-order valence-electron chi connectivity index (χ2n) is 6.59. The number of piperidine rings is 1. The summed E-state index contributed by atoms with van der Waals surface area (Å²) in [6.07, 6.45) is 4.00. The van der Waals surface area contributed by atoms with Gasteiger partial charge in [-0.15, -0.1) is 0 Å². The molecule has 0 N–H and O–H groups in total. The maximum absolute atomic E-state index is 12.5. The molecule has 1 aliphatic rings. The highest BCUT2D eigenvalue weighted by Crippen LogP contribution is 2.33. The predicted octanol–water partition coefficient (Wildman–Crippen LogP) is 3.51. The topological polar surface area (TPSA) is 38.1 Å². The van der Waals surface area contributed by atoms with Gasteiger partial charge in [0.25, 0.3) is 5.56 Å². The molecule has 0 bridgehead atoms. The highest BCUT2D eigenvalue weighted by molar-refractivity contribution is 6.33. The molecule has 4 nitrogen and oxygen atoms in total. The van der Waals surface area contributed by atoms with Crippen molar-refractivity contribution in [2.24, 2.45) is 5.41 Å². The number of para-hydroxylation sites is 1.